The van der Waals surface area contributed by atoms with Crippen LogP contribution in [0, 0.1) is 5.82 Å². The number of hydrogen-bond acceptors (Lipinski definition) is 6. The predicted molar refractivity (Wildman–Crippen MR) is 161 cm³/mol. The van der Waals surface area contributed by atoms with E-state index in [9.17, 15) is 35.9 Å². The fraction of sp³-hybridized carbons (Fsp3) is 0.387. The van der Waals surface area contributed by atoms with E-state index in [2.05, 4.69) is 16.0 Å². The van der Waals surface area contributed by atoms with Crippen LogP contribution in [-0.4, -0.2) is 57.0 Å². The maximum atomic E-state index is 13.8. The van der Waals surface area contributed by atoms with Crippen LogP contribution in [0.15, 0.2) is 66.7 Å². The standard InChI is InChI=1S/C31H36F4N4O4S/c1-2-37-26-15-23(16-27(18-26)39-10-6-7-11-44(39,42)43)30(41)38-28(14-21-8-4-3-5-9-21)29(40)20-36-19-22-12-24(31(33,34)35)17-25(32)13-22/h3-5,8-9,12-13,15-18,28-29,36-37,40H,2,6-7,10-11,14,19-20H2,1H3,(H,38,41)/t28-,29+/m0/s1. The number of carbonyl (C=O) groups is 1. The molecule has 44 heavy (non-hydrogen) atoms. The number of halogens is 4. The number of aliphatic hydroxyl groups excluding tert-OH is 1. The van der Waals surface area contributed by atoms with Gasteiger partial charge in [-0.2, -0.15) is 13.2 Å². The number of alkyl halides is 3. The van der Waals surface area contributed by atoms with Crippen LogP contribution < -0.4 is 20.3 Å². The van der Waals surface area contributed by atoms with Gasteiger partial charge < -0.3 is 21.1 Å². The Bertz CT molecular complexity index is 1540. The van der Waals surface area contributed by atoms with E-state index in [4.69, 9.17) is 0 Å². The SMILES string of the molecule is CCNc1cc(C(=O)N[C@@H](Cc2ccccc2)[C@H](O)CNCc2cc(F)cc(C(F)(F)F)c2)cc(N2CCCCS2(=O)=O)c1. The summed E-state index contributed by atoms with van der Waals surface area (Å²) in [4.78, 5) is 13.6. The summed E-state index contributed by atoms with van der Waals surface area (Å²) in [6.07, 6.45) is -4.40. The first-order valence-electron chi connectivity index (χ1n) is 14.4. The van der Waals surface area contributed by atoms with Crippen LogP contribution in [-0.2, 0) is 29.2 Å². The third-order valence-electron chi connectivity index (χ3n) is 7.25. The van der Waals surface area contributed by atoms with Gasteiger partial charge in [0, 0.05) is 37.4 Å². The molecule has 0 saturated carbocycles. The second kappa shape index (κ2) is 14.4. The molecule has 1 aliphatic heterocycles. The van der Waals surface area contributed by atoms with Gasteiger partial charge in [0.25, 0.3) is 5.91 Å². The Kier molecular flexibility index (Phi) is 10.9. The molecule has 1 aliphatic rings. The zero-order valence-corrected chi connectivity index (χ0v) is 25.0. The highest BCUT2D eigenvalue weighted by Crippen LogP contribution is 2.31. The van der Waals surface area contributed by atoms with E-state index in [1.54, 1.807) is 12.1 Å². The smallest absolute Gasteiger partial charge is 0.390 e. The van der Waals surface area contributed by atoms with Crippen molar-refractivity contribution in [3.63, 3.8) is 0 Å². The average molecular weight is 637 g/mol. The first-order chi connectivity index (χ1) is 20.9. The minimum absolute atomic E-state index is 0.0193. The van der Waals surface area contributed by atoms with Gasteiger partial charge in [-0.3, -0.25) is 9.10 Å². The maximum absolute atomic E-state index is 13.8. The Morgan fingerprint density at radius 2 is 1.77 bits per heavy atom. The Morgan fingerprint density at radius 1 is 1.02 bits per heavy atom. The van der Waals surface area contributed by atoms with E-state index in [1.165, 1.54) is 10.4 Å². The van der Waals surface area contributed by atoms with Crippen molar-refractivity contribution in [1.82, 2.24) is 10.6 Å². The Morgan fingerprint density at radius 3 is 2.45 bits per heavy atom. The number of hydrogen-bond donors (Lipinski definition) is 4. The molecule has 1 heterocycles. The number of benzene rings is 3. The van der Waals surface area contributed by atoms with Crippen molar-refractivity contribution < 1.29 is 35.9 Å². The number of nitrogens with zero attached hydrogens (tertiary/aromatic N) is 1. The molecule has 0 aromatic heterocycles. The highest BCUT2D eigenvalue weighted by atomic mass is 32.2. The maximum Gasteiger partial charge on any atom is 0.416 e. The molecule has 3 aromatic carbocycles. The lowest BCUT2D eigenvalue weighted by Gasteiger charge is -2.29. The molecule has 8 nitrogen and oxygen atoms in total. The number of amides is 1. The highest BCUT2D eigenvalue weighted by Gasteiger charge is 2.31. The lowest BCUT2D eigenvalue weighted by Crippen LogP contribution is -2.48. The molecule has 4 N–H and O–H groups in total. The van der Waals surface area contributed by atoms with Gasteiger partial charge >= 0.3 is 6.18 Å². The quantitative estimate of drug-likeness (QED) is 0.215. The Balaban J connectivity index is 1.53. The Hall–Kier alpha value is -3.68. The van der Waals surface area contributed by atoms with Crippen LogP contribution in [0.1, 0.15) is 46.8 Å². The first kappa shape index (κ1) is 33.2. The molecule has 0 bridgehead atoms. The summed E-state index contributed by atoms with van der Waals surface area (Å²) in [5.41, 5.74) is 0.874. The minimum Gasteiger partial charge on any atom is -0.390 e. The number of aliphatic hydroxyl groups is 1. The lowest BCUT2D eigenvalue weighted by molar-refractivity contribution is -0.137. The van der Waals surface area contributed by atoms with Crippen molar-refractivity contribution in [2.24, 2.45) is 0 Å². The molecule has 238 valence electrons. The summed E-state index contributed by atoms with van der Waals surface area (Å²) >= 11 is 0. The highest BCUT2D eigenvalue weighted by molar-refractivity contribution is 7.92. The van der Waals surface area contributed by atoms with E-state index in [1.807, 2.05) is 37.3 Å². The summed E-state index contributed by atoms with van der Waals surface area (Å²) in [6.45, 7) is 2.44. The molecule has 2 atom stereocenters. The molecular weight excluding hydrogens is 600 g/mol. The van der Waals surface area contributed by atoms with E-state index in [-0.39, 0.29) is 36.4 Å². The molecule has 4 rings (SSSR count). The zero-order chi connectivity index (χ0) is 31.9. The van der Waals surface area contributed by atoms with Crippen molar-refractivity contribution >= 4 is 27.3 Å². The minimum atomic E-state index is -4.70. The van der Waals surface area contributed by atoms with Gasteiger partial charge in [0.15, 0.2) is 0 Å². The summed E-state index contributed by atoms with van der Waals surface area (Å²) in [7, 11) is -3.54. The summed E-state index contributed by atoms with van der Waals surface area (Å²) in [5.74, 6) is -1.55. The number of nitrogens with one attached hydrogen (secondary N) is 3. The number of anilines is 2. The van der Waals surface area contributed by atoms with Crippen molar-refractivity contribution in [3.05, 3.63) is 94.8 Å². The van der Waals surface area contributed by atoms with Gasteiger partial charge in [-0.15, -0.1) is 0 Å². The van der Waals surface area contributed by atoms with Crippen LogP contribution >= 0.6 is 0 Å². The molecule has 1 saturated heterocycles. The summed E-state index contributed by atoms with van der Waals surface area (Å²) < 4.78 is 80.0. The third kappa shape index (κ3) is 8.93. The normalized spacial score (nSPS) is 16.3. The van der Waals surface area contributed by atoms with Crippen LogP contribution in [0.4, 0.5) is 28.9 Å². The van der Waals surface area contributed by atoms with Gasteiger partial charge in [0.05, 0.1) is 29.1 Å². The predicted octanol–water partition coefficient (Wildman–Crippen LogP) is 4.70. The molecule has 13 heteroatoms. The zero-order valence-electron chi connectivity index (χ0n) is 24.2. The van der Waals surface area contributed by atoms with Gasteiger partial charge in [0.1, 0.15) is 5.82 Å². The van der Waals surface area contributed by atoms with Gasteiger partial charge in [-0.05, 0) is 73.7 Å². The number of sulfonamides is 1. The van der Waals surface area contributed by atoms with Crippen molar-refractivity contribution in [3.8, 4) is 0 Å². The van der Waals surface area contributed by atoms with E-state index >= 15 is 0 Å². The molecule has 3 aromatic rings. The fourth-order valence-electron chi connectivity index (χ4n) is 5.10. The fourth-order valence-corrected chi connectivity index (χ4v) is 6.72. The van der Waals surface area contributed by atoms with E-state index in [0.717, 1.165) is 17.7 Å². The molecule has 0 aliphatic carbocycles. The molecule has 0 radical (unpaired) electrons. The van der Waals surface area contributed by atoms with Gasteiger partial charge in [-0.1, -0.05) is 30.3 Å². The summed E-state index contributed by atoms with van der Waals surface area (Å²) in [6, 6.07) is 15.3. The van der Waals surface area contributed by atoms with Gasteiger partial charge in [0.2, 0.25) is 10.0 Å². The van der Waals surface area contributed by atoms with Crippen LogP contribution in [0.3, 0.4) is 0 Å². The monoisotopic (exact) mass is 636 g/mol. The second-order valence-corrected chi connectivity index (χ2v) is 12.7. The average Bonchev–Trinajstić information content (AvgIpc) is 2.96. The van der Waals surface area contributed by atoms with Crippen LogP contribution in [0.5, 0.6) is 0 Å². The third-order valence-corrected chi connectivity index (χ3v) is 9.11. The van der Waals surface area contributed by atoms with E-state index < -0.39 is 45.6 Å². The lowest BCUT2D eigenvalue weighted by atomic mass is 10.00. The number of rotatable bonds is 12. The second-order valence-electron chi connectivity index (χ2n) is 10.7. The van der Waals surface area contributed by atoms with Crippen molar-refractivity contribution in [1.29, 1.82) is 0 Å². The van der Waals surface area contributed by atoms with E-state index in [0.29, 0.717) is 43.4 Å². The molecule has 1 amide bonds. The number of carbonyl (C=O) groups excluding carboxylic acids is 1. The van der Waals surface area contributed by atoms with Gasteiger partial charge in [-0.25, -0.2) is 12.8 Å². The largest absolute Gasteiger partial charge is 0.416 e. The van der Waals surface area contributed by atoms with Crippen molar-refractivity contribution in [2.75, 3.05) is 35.0 Å². The first-order valence-corrected chi connectivity index (χ1v) is 16.0. The summed E-state index contributed by atoms with van der Waals surface area (Å²) in [5, 5.41) is 20.0. The van der Waals surface area contributed by atoms with Crippen LogP contribution in [0.25, 0.3) is 0 Å². The van der Waals surface area contributed by atoms with Crippen molar-refractivity contribution in [2.45, 2.75) is 51.1 Å². The molecule has 1 fully saturated rings. The molecule has 0 unspecified atom stereocenters. The molecule has 0 spiro atoms. The molecular formula is C31H36F4N4O4S. The Labute approximate surface area is 254 Å². The van der Waals surface area contributed by atoms with Crippen LogP contribution in [0.2, 0.25) is 0 Å². The topological polar surface area (TPSA) is 111 Å².